The first-order chi connectivity index (χ1) is 9.20. The predicted molar refractivity (Wildman–Crippen MR) is 73.9 cm³/mol. The van der Waals surface area contributed by atoms with E-state index in [1.54, 1.807) is 6.20 Å². The molecule has 0 N–H and O–H groups in total. The van der Waals surface area contributed by atoms with Crippen molar-refractivity contribution in [2.24, 2.45) is 12.5 Å². The third kappa shape index (κ3) is 2.40. The molecule has 3 rings (SSSR count). The van der Waals surface area contributed by atoms with E-state index in [-0.39, 0.29) is 5.91 Å². The maximum Gasteiger partial charge on any atom is 0.289 e. The molecule has 1 aliphatic carbocycles. The molecule has 2 fully saturated rings. The number of carbonyl (C=O) groups excluding carboxylic acids is 1. The number of hydrogen-bond donors (Lipinski definition) is 0. The SMILES string of the molecule is Cn1ccnc1C(=O)N1CCC2(CCCCCC2)C1. The normalized spacial score (nSPS) is 22.7. The Labute approximate surface area is 114 Å². The van der Waals surface area contributed by atoms with Gasteiger partial charge in [0.05, 0.1) is 0 Å². The minimum absolute atomic E-state index is 0.105. The van der Waals surface area contributed by atoms with Crippen LogP contribution >= 0.6 is 0 Å². The fourth-order valence-corrected chi connectivity index (χ4v) is 3.71. The first-order valence-corrected chi connectivity index (χ1v) is 7.47. The van der Waals surface area contributed by atoms with Crippen LogP contribution in [0.25, 0.3) is 0 Å². The van der Waals surface area contributed by atoms with Gasteiger partial charge in [0.15, 0.2) is 5.82 Å². The van der Waals surface area contributed by atoms with Crippen LogP contribution in [0, 0.1) is 5.41 Å². The summed E-state index contributed by atoms with van der Waals surface area (Å²) in [6.45, 7) is 1.85. The zero-order valence-electron chi connectivity index (χ0n) is 11.8. The molecule has 104 valence electrons. The number of amides is 1. The van der Waals surface area contributed by atoms with Crippen molar-refractivity contribution >= 4 is 5.91 Å². The summed E-state index contributed by atoms with van der Waals surface area (Å²) in [6.07, 6.45) is 12.7. The van der Waals surface area contributed by atoms with Gasteiger partial charge in [-0.25, -0.2) is 4.98 Å². The monoisotopic (exact) mass is 261 g/mol. The second kappa shape index (κ2) is 4.99. The number of aromatic nitrogens is 2. The summed E-state index contributed by atoms with van der Waals surface area (Å²) in [5, 5.41) is 0. The maximum atomic E-state index is 12.5. The van der Waals surface area contributed by atoms with Crippen LogP contribution in [-0.4, -0.2) is 33.4 Å². The molecule has 0 atom stereocenters. The van der Waals surface area contributed by atoms with Crippen LogP contribution in [0.15, 0.2) is 12.4 Å². The zero-order chi connectivity index (χ0) is 13.3. The topological polar surface area (TPSA) is 38.1 Å². The highest BCUT2D eigenvalue weighted by molar-refractivity contribution is 5.91. The standard InChI is InChI=1S/C15H23N3O/c1-17-11-9-16-13(17)14(19)18-10-8-15(12-18)6-4-2-3-5-7-15/h9,11H,2-8,10,12H2,1H3. The Balaban J connectivity index is 1.71. The van der Waals surface area contributed by atoms with Gasteiger partial charge >= 0.3 is 0 Å². The van der Waals surface area contributed by atoms with Gasteiger partial charge in [-0.15, -0.1) is 0 Å². The fraction of sp³-hybridized carbons (Fsp3) is 0.733. The lowest BCUT2D eigenvalue weighted by Crippen LogP contribution is -2.33. The van der Waals surface area contributed by atoms with Crippen molar-refractivity contribution < 1.29 is 4.79 Å². The Bertz CT molecular complexity index is 458. The molecule has 4 nitrogen and oxygen atoms in total. The van der Waals surface area contributed by atoms with E-state index in [2.05, 4.69) is 4.98 Å². The molecule has 19 heavy (non-hydrogen) atoms. The second-order valence-corrected chi connectivity index (χ2v) is 6.25. The van der Waals surface area contributed by atoms with Gasteiger partial charge in [0.1, 0.15) is 0 Å². The molecule has 2 heterocycles. The van der Waals surface area contributed by atoms with Crippen LogP contribution in [0.2, 0.25) is 0 Å². The van der Waals surface area contributed by atoms with Gasteiger partial charge in [0.2, 0.25) is 0 Å². The summed E-state index contributed by atoms with van der Waals surface area (Å²) in [5.74, 6) is 0.680. The Kier molecular flexibility index (Phi) is 3.33. The summed E-state index contributed by atoms with van der Waals surface area (Å²) in [6, 6.07) is 0. The van der Waals surface area contributed by atoms with Gasteiger partial charge in [0, 0.05) is 32.5 Å². The molecule has 1 saturated carbocycles. The van der Waals surface area contributed by atoms with Crippen LogP contribution < -0.4 is 0 Å². The maximum absolute atomic E-state index is 12.5. The first-order valence-electron chi connectivity index (χ1n) is 7.47. The van der Waals surface area contributed by atoms with E-state index in [0.717, 1.165) is 13.1 Å². The Hall–Kier alpha value is -1.32. The van der Waals surface area contributed by atoms with Gasteiger partial charge in [-0.05, 0) is 24.7 Å². The molecule has 1 aromatic heterocycles. The first kappa shape index (κ1) is 12.7. The molecule has 0 aromatic carbocycles. The summed E-state index contributed by atoms with van der Waals surface area (Å²) < 4.78 is 1.82. The van der Waals surface area contributed by atoms with E-state index in [4.69, 9.17) is 0 Å². The molecule has 1 spiro atoms. The van der Waals surface area contributed by atoms with Crippen LogP contribution in [0.1, 0.15) is 55.6 Å². The van der Waals surface area contributed by atoms with E-state index < -0.39 is 0 Å². The van der Waals surface area contributed by atoms with Gasteiger partial charge < -0.3 is 9.47 Å². The van der Waals surface area contributed by atoms with Crippen molar-refractivity contribution in [1.29, 1.82) is 0 Å². The van der Waals surface area contributed by atoms with Gasteiger partial charge in [0.25, 0.3) is 5.91 Å². The smallest absolute Gasteiger partial charge is 0.289 e. The Morgan fingerprint density at radius 3 is 2.58 bits per heavy atom. The molecule has 1 aliphatic heterocycles. The van der Waals surface area contributed by atoms with Crippen molar-refractivity contribution in [2.75, 3.05) is 13.1 Å². The Morgan fingerprint density at radius 2 is 1.95 bits per heavy atom. The van der Waals surface area contributed by atoms with Crippen molar-refractivity contribution in [3.63, 3.8) is 0 Å². The average molecular weight is 261 g/mol. The molecule has 1 saturated heterocycles. The van der Waals surface area contributed by atoms with Gasteiger partial charge in [-0.2, -0.15) is 0 Å². The molecule has 1 amide bonds. The summed E-state index contributed by atoms with van der Waals surface area (Å²) in [7, 11) is 1.89. The Morgan fingerprint density at radius 1 is 1.21 bits per heavy atom. The van der Waals surface area contributed by atoms with Gasteiger partial charge in [-0.3, -0.25) is 4.79 Å². The highest BCUT2D eigenvalue weighted by Crippen LogP contribution is 2.42. The van der Waals surface area contributed by atoms with E-state index in [1.807, 2.05) is 22.7 Å². The minimum Gasteiger partial charge on any atom is -0.335 e. The summed E-state index contributed by atoms with van der Waals surface area (Å²) in [4.78, 5) is 18.7. The molecule has 0 unspecified atom stereocenters. The molecular weight excluding hydrogens is 238 g/mol. The lowest BCUT2D eigenvalue weighted by Gasteiger charge is -2.27. The molecule has 4 heteroatoms. The molecule has 2 aliphatic rings. The van der Waals surface area contributed by atoms with E-state index in [0.29, 0.717) is 11.2 Å². The van der Waals surface area contributed by atoms with Crippen LogP contribution in [-0.2, 0) is 7.05 Å². The largest absolute Gasteiger partial charge is 0.335 e. The number of imidazole rings is 1. The van der Waals surface area contributed by atoms with E-state index in [9.17, 15) is 4.79 Å². The fourth-order valence-electron chi connectivity index (χ4n) is 3.71. The van der Waals surface area contributed by atoms with Crippen LogP contribution in [0.3, 0.4) is 0 Å². The molecule has 0 bridgehead atoms. The third-order valence-electron chi connectivity index (χ3n) is 4.90. The van der Waals surface area contributed by atoms with Crippen LogP contribution in [0.5, 0.6) is 0 Å². The highest BCUT2D eigenvalue weighted by Gasteiger charge is 2.40. The lowest BCUT2D eigenvalue weighted by molar-refractivity contribution is 0.0752. The molecular formula is C15H23N3O. The number of aryl methyl sites for hydroxylation is 1. The van der Waals surface area contributed by atoms with Crippen molar-refractivity contribution in [1.82, 2.24) is 14.5 Å². The number of nitrogens with zero attached hydrogens (tertiary/aromatic N) is 3. The second-order valence-electron chi connectivity index (χ2n) is 6.25. The number of carbonyl (C=O) groups is 1. The zero-order valence-corrected chi connectivity index (χ0v) is 11.8. The highest BCUT2D eigenvalue weighted by atomic mass is 16.2. The van der Waals surface area contributed by atoms with Crippen LogP contribution in [0.4, 0.5) is 0 Å². The van der Waals surface area contributed by atoms with E-state index in [1.165, 1.54) is 44.9 Å². The van der Waals surface area contributed by atoms with Crippen molar-refractivity contribution in [2.45, 2.75) is 44.9 Å². The van der Waals surface area contributed by atoms with Gasteiger partial charge in [-0.1, -0.05) is 25.7 Å². The summed E-state index contributed by atoms with van der Waals surface area (Å²) >= 11 is 0. The quantitative estimate of drug-likeness (QED) is 0.779. The minimum atomic E-state index is 0.105. The number of rotatable bonds is 1. The third-order valence-corrected chi connectivity index (χ3v) is 4.90. The van der Waals surface area contributed by atoms with Crippen molar-refractivity contribution in [3.05, 3.63) is 18.2 Å². The van der Waals surface area contributed by atoms with E-state index >= 15 is 0 Å². The number of hydrogen-bond acceptors (Lipinski definition) is 2. The predicted octanol–water partition coefficient (Wildman–Crippen LogP) is 2.61. The molecule has 0 radical (unpaired) electrons. The number of likely N-dealkylation sites (tertiary alicyclic amines) is 1. The van der Waals surface area contributed by atoms with Crippen molar-refractivity contribution in [3.8, 4) is 0 Å². The summed E-state index contributed by atoms with van der Waals surface area (Å²) in [5.41, 5.74) is 0.414. The molecule has 1 aromatic rings. The lowest BCUT2D eigenvalue weighted by atomic mass is 9.80. The average Bonchev–Trinajstić information content (AvgIpc) is 2.93.